The fourth-order valence-corrected chi connectivity index (χ4v) is 4.19. The van der Waals surface area contributed by atoms with Gasteiger partial charge in [-0.25, -0.2) is 4.98 Å². The van der Waals surface area contributed by atoms with Crippen LogP contribution in [0.1, 0.15) is 25.0 Å². The Bertz CT molecular complexity index is 566. The summed E-state index contributed by atoms with van der Waals surface area (Å²) in [6.07, 6.45) is 6.74. The van der Waals surface area contributed by atoms with E-state index < -0.39 is 5.97 Å². The summed E-state index contributed by atoms with van der Waals surface area (Å²) in [6.45, 7) is 5.37. The van der Waals surface area contributed by atoms with Crippen molar-refractivity contribution in [2.24, 2.45) is 5.41 Å². The Labute approximate surface area is 143 Å². The molecular formula is C17H28N4O3. The van der Waals surface area contributed by atoms with E-state index in [-0.39, 0.29) is 11.5 Å². The second kappa shape index (κ2) is 7.21. The lowest BCUT2D eigenvalue weighted by Gasteiger charge is -2.39. The summed E-state index contributed by atoms with van der Waals surface area (Å²) < 4.78 is 7.30. The number of methoxy groups -OCH3 is 1. The number of piperidine rings is 1. The second-order valence-corrected chi connectivity index (χ2v) is 7.32. The SMILES string of the molecule is COCCn1cncc1CN1CCC2(CC1)CC(C(=O)O)N(C)C2. The maximum atomic E-state index is 11.4. The summed E-state index contributed by atoms with van der Waals surface area (Å²) in [7, 11) is 3.65. The molecule has 2 fully saturated rings. The Morgan fingerprint density at radius 1 is 1.46 bits per heavy atom. The van der Waals surface area contributed by atoms with Crippen molar-refractivity contribution >= 4 is 5.97 Å². The van der Waals surface area contributed by atoms with Crippen molar-refractivity contribution in [3.63, 3.8) is 0 Å². The van der Waals surface area contributed by atoms with Crippen LogP contribution in [0.5, 0.6) is 0 Å². The van der Waals surface area contributed by atoms with Crippen molar-refractivity contribution in [1.29, 1.82) is 0 Å². The molecule has 0 aliphatic carbocycles. The fraction of sp³-hybridized carbons (Fsp3) is 0.765. The number of likely N-dealkylation sites (tertiary alicyclic amines) is 2. The van der Waals surface area contributed by atoms with E-state index in [1.165, 1.54) is 5.69 Å². The highest BCUT2D eigenvalue weighted by atomic mass is 16.5. The number of aliphatic carboxylic acids is 1. The predicted molar refractivity (Wildman–Crippen MR) is 89.7 cm³/mol. The lowest BCUT2D eigenvalue weighted by Crippen LogP contribution is -2.41. The van der Waals surface area contributed by atoms with Crippen molar-refractivity contribution in [2.45, 2.75) is 38.4 Å². The van der Waals surface area contributed by atoms with Crippen LogP contribution in [0, 0.1) is 5.41 Å². The van der Waals surface area contributed by atoms with Gasteiger partial charge in [-0.05, 0) is 44.8 Å². The van der Waals surface area contributed by atoms with E-state index in [1.54, 1.807) is 7.11 Å². The van der Waals surface area contributed by atoms with E-state index in [0.717, 1.165) is 52.0 Å². The van der Waals surface area contributed by atoms with Gasteiger partial charge in [-0.15, -0.1) is 0 Å². The number of hydrogen-bond acceptors (Lipinski definition) is 5. The van der Waals surface area contributed by atoms with E-state index in [9.17, 15) is 9.90 Å². The minimum atomic E-state index is -0.682. The zero-order valence-electron chi connectivity index (χ0n) is 14.6. The summed E-state index contributed by atoms with van der Waals surface area (Å²) in [6, 6.07) is -0.313. The van der Waals surface area contributed by atoms with Crippen molar-refractivity contribution < 1.29 is 14.6 Å². The Kier molecular flexibility index (Phi) is 5.22. The van der Waals surface area contributed by atoms with Gasteiger partial charge in [-0.2, -0.15) is 0 Å². The van der Waals surface area contributed by atoms with Gasteiger partial charge in [-0.1, -0.05) is 0 Å². The zero-order chi connectivity index (χ0) is 17.2. The van der Waals surface area contributed by atoms with Crippen LogP contribution in [-0.2, 0) is 22.6 Å². The van der Waals surface area contributed by atoms with Gasteiger partial charge < -0.3 is 14.4 Å². The molecule has 1 aromatic heterocycles. The van der Waals surface area contributed by atoms with Crippen LogP contribution in [0.15, 0.2) is 12.5 Å². The van der Waals surface area contributed by atoms with E-state index in [0.29, 0.717) is 6.61 Å². The summed E-state index contributed by atoms with van der Waals surface area (Å²) >= 11 is 0. The summed E-state index contributed by atoms with van der Waals surface area (Å²) in [4.78, 5) is 20.1. The van der Waals surface area contributed by atoms with Crippen molar-refractivity contribution in [3.8, 4) is 0 Å². The van der Waals surface area contributed by atoms with Gasteiger partial charge in [0.2, 0.25) is 0 Å². The van der Waals surface area contributed by atoms with E-state index in [1.807, 2.05) is 24.5 Å². The fourth-order valence-electron chi connectivity index (χ4n) is 4.19. The number of carboxylic acids is 1. The minimum Gasteiger partial charge on any atom is -0.480 e. The molecule has 1 spiro atoms. The number of ether oxygens (including phenoxy) is 1. The predicted octanol–water partition coefficient (Wildman–Crippen LogP) is 0.900. The third-order valence-corrected chi connectivity index (χ3v) is 5.67. The van der Waals surface area contributed by atoms with Crippen molar-refractivity contribution in [3.05, 3.63) is 18.2 Å². The van der Waals surface area contributed by atoms with Crippen LogP contribution in [0.4, 0.5) is 0 Å². The molecule has 0 saturated carbocycles. The third kappa shape index (κ3) is 3.63. The molecule has 1 N–H and O–H groups in total. The molecule has 134 valence electrons. The Morgan fingerprint density at radius 3 is 2.83 bits per heavy atom. The quantitative estimate of drug-likeness (QED) is 0.832. The Morgan fingerprint density at radius 2 is 2.21 bits per heavy atom. The van der Waals surface area contributed by atoms with Gasteiger partial charge in [0, 0.05) is 32.9 Å². The number of aromatic nitrogens is 2. The third-order valence-electron chi connectivity index (χ3n) is 5.67. The molecule has 24 heavy (non-hydrogen) atoms. The maximum Gasteiger partial charge on any atom is 0.320 e. The molecule has 1 aromatic rings. The van der Waals surface area contributed by atoms with Gasteiger partial charge in [0.05, 0.1) is 18.6 Å². The first-order valence-corrected chi connectivity index (χ1v) is 8.66. The topological polar surface area (TPSA) is 70.8 Å². The molecule has 2 saturated heterocycles. The van der Waals surface area contributed by atoms with Gasteiger partial charge in [0.15, 0.2) is 0 Å². The molecular weight excluding hydrogens is 308 g/mol. The smallest absolute Gasteiger partial charge is 0.320 e. The summed E-state index contributed by atoms with van der Waals surface area (Å²) in [5, 5.41) is 9.35. The van der Waals surface area contributed by atoms with Crippen molar-refractivity contribution in [1.82, 2.24) is 19.4 Å². The minimum absolute atomic E-state index is 0.185. The monoisotopic (exact) mass is 336 g/mol. The number of nitrogens with zero attached hydrogens (tertiary/aromatic N) is 4. The van der Waals surface area contributed by atoms with Gasteiger partial charge in [-0.3, -0.25) is 14.6 Å². The normalized spacial score (nSPS) is 24.7. The van der Waals surface area contributed by atoms with Crippen LogP contribution in [0.25, 0.3) is 0 Å². The summed E-state index contributed by atoms with van der Waals surface area (Å²) in [5.41, 5.74) is 1.40. The van der Waals surface area contributed by atoms with Gasteiger partial charge in [0.25, 0.3) is 0 Å². The van der Waals surface area contributed by atoms with Gasteiger partial charge in [0.1, 0.15) is 6.04 Å². The number of imidazole rings is 1. The van der Waals surface area contributed by atoms with Crippen LogP contribution < -0.4 is 0 Å². The van der Waals surface area contributed by atoms with E-state index >= 15 is 0 Å². The molecule has 7 nitrogen and oxygen atoms in total. The molecule has 3 rings (SSSR count). The maximum absolute atomic E-state index is 11.4. The molecule has 3 heterocycles. The van der Waals surface area contributed by atoms with Crippen LogP contribution >= 0.6 is 0 Å². The number of carbonyl (C=O) groups is 1. The molecule has 0 bridgehead atoms. The van der Waals surface area contributed by atoms with Crippen LogP contribution in [0.2, 0.25) is 0 Å². The first-order chi connectivity index (χ1) is 11.5. The molecule has 2 aliphatic rings. The molecule has 0 aromatic carbocycles. The standard InChI is InChI=1S/C17H28N4O3/c1-19-12-17(9-15(19)16(22)23)3-5-20(6-4-17)11-14-10-18-13-21(14)7-8-24-2/h10,13,15H,3-9,11-12H2,1-2H3,(H,22,23). The van der Waals surface area contributed by atoms with Crippen LogP contribution in [-0.4, -0.2) is 76.9 Å². The molecule has 2 aliphatic heterocycles. The van der Waals surface area contributed by atoms with E-state index in [2.05, 4.69) is 14.5 Å². The second-order valence-electron chi connectivity index (χ2n) is 7.32. The number of rotatable bonds is 6. The highest BCUT2D eigenvalue weighted by Crippen LogP contribution is 2.42. The van der Waals surface area contributed by atoms with Crippen LogP contribution in [0.3, 0.4) is 0 Å². The average Bonchev–Trinajstić information content (AvgIpc) is 3.12. The lowest BCUT2D eigenvalue weighted by atomic mass is 9.76. The molecule has 0 radical (unpaired) electrons. The molecule has 7 heteroatoms. The first-order valence-electron chi connectivity index (χ1n) is 8.66. The highest BCUT2D eigenvalue weighted by Gasteiger charge is 2.46. The molecule has 1 atom stereocenters. The number of likely N-dealkylation sites (N-methyl/N-ethyl adjacent to an activating group) is 1. The Balaban J connectivity index is 1.55. The lowest BCUT2D eigenvalue weighted by molar-refractivity contribution is -0.141. The number of carboxylic acid groups (broad SMARTS) is 1. The van der Waals surface area contributed by atoms with E-state index in [4.69, 9.17) is 4.74 Å². The highest BCUT2D eigenvalue weighted by molar-refractivity contribution is 5.74. The first kappa shape index (κ1) is 17.4. The molecule has 1 unspecified atom stereocenters. The summed E-state index contributed by atoms with van der Waals surface area (Å²) in [5.74, 6) is -0.682. The number of hydrogen-bond donors (Lipinski definition) is 1. The van der Waals surface area contributed by atoms with Gasteiger partial charge >= 0.3 is 5.97 Å². The van der Waals surface area contributed by atoms with Crippen molar-refractivity contribution in [2.75, 3.05) is 40.4 Å². The largest absolute Gasteiger partial charge is 0.480 e. The Hall–Kier alpha value is -1.44. The average molecular weight is 336 g/mol. The zero-order valence-corrected chi connectivity index (χ0v) is 14.6. The molecule has 0 amide bonds.